The number of aliphatic hydroxyl groups is 1. The first-order valence-corrected chi connectivity index (χ1v) is 7.97. The van der Waals surface area contributed by atoms with Crippen LogP contribution in [0.2, 0.25) is 0 Å². The first-order valence-electron chi connectivity index (χ1n) is 7.97. The minimum absolute atomic E-state index is 0.0524. The van der Waals surface area contributed by atoms with Crippen molar-refractivity contribution in [3.63, 3.8) is 0 Å². The van der Waals surface area contributed by atoms with E-state index < -0.39 is 12.0 Å². The number of hydrogen-bond donors (Lipinski definition) is 3. The molecule has 1 saturated carbocycles. The highest BCUT2D eigenvalue weighted by atomic mass is 16.3. The number of amides is 2. The molecule has 0 aliphatic heterocycles. The summed E-state index contributed by atoms with van der Waals surface area (Å²) in [5.74, 6) is 0.0625. The van der Waals surface area contributed by atoms with Gasteiger partial charge in [0.25, 0.3) is 5.91 Å². The van der Waals surface area contributed by atoms with Crippen LogP contribution < -0.4 is 10.6 Å². The molecule has 1 aromatic carbocycles. The number of aliphatic hydroxyl groups excluding tert-OH is 1. The molecule has 0 spiro atoms. The summed E-state index contributed by atoms with van der Waals surface area (Å²) in [6.07, 6.45) is 1.15. The highest BCUT2D eigenvalue weighted by Gasteiger charge is 2.30. The van der Waals surface area contributed by atoms with Crippen LogP contribution in [0.3, 0.4) is 0 Å². The Labute approximate surface area is 139 Å². The van der Waals surface area contributed by atoms with E-state index in [1.807, 2.05) is 30.3 Å². The van der Waals surface area contributed by atoms with E-state index in [0.29, 0.717) is 5.82 Å². The maximum atomic E-state index is 12.2. The smallest absolute Gasteiger partial charge is 0.271 e. The summed E-state index contributed by atoms with van der Waals surface area (Å²) < 4.78 is 1.54. The molecule has 0 radical (unpaired) electrons. The van der Waals surface area contributed by atoms with E-state index in [9.17, 15) is 14.7 Å². The van der Waals surface area contributed by atoms with Crippen LogP contribution in [0.25, 0.3) is 5.69 Å². The van der Waals surface area contributed by atoms with Gasteiger partial charge in [0, 0.05) is 18.5 Å². The number of hydrogen-bond acceptors (Lipinski definition) is 4. The third-order valence-electron chi connectivity index (χ3n) is 3.70. The fourth-order valence-corrected chi connectivity index (χ4v) is 2.25. The van der Waals surface area contributed by atoms with Crippen molar-refractivity contribution in [3.8, 4) is 5.69 Å². The minimum Gasteiger partial charge on any atom is -0.392 e. The van der Waals surface area contributed by atoms with Crippen molar-refractivity contribution >= 4 is 17.6 Å². The van der Waals surface area contributed by atoms with E-state index >= 15 is 0 Å². The first-order chi connectivity index (χ1) is 11.5. The van der Waals surface area contributed by atoms with Crippen molar-refractivity contribution in [3.05, 3.63) is 42.1 Å². The molecule has 1 heterocycles. The van der Waals surface area contributed by atoms with Crippen LogP contribution >= 0.6 is 0 Å². The van der Waals surface area contributed by atoms with Gasteiger partial charge < -0.3 is 15.7 Å². The van der Waals surface area contributed by atoms with Crippen molar-refractivity contribution in [1.29, 1.82) is 0 Å². The molecule has 1 fully saturated rings. The lowest BCUT2D eigenvalue weighted by molar-refractivity contribution is -0.117. The van der Waals surface area contributed by atoms with Gasteiger partial charge in [0.15, 0.2) is 5.69 Å². The van der Waals surface area contributed by atoms with Gasteiger partial charge >= 0.3 is 0 Å². The van der Waals surface area contributed by atoms with Crippen molar-refractivity contribution < 1.29 is 14.7 Å². The van der Waals surface area contributed by atoms with Gasteiger partial charge in [-0.05, 0) is 31.9 Å². The van der Waals surface area contributed by atoms with Gasteiger partial charge in [-0.25, -0.2) is 4.68 Å². The highest BCUT2D eigenvalue weighted by molar-refractivity contribution is 5.97. The van der Waals surface area contributed by atoms with Crippen LogP contribution in [0, 0.1) is 5.92 Å². The Morgan fingerprint density at radius 1 is 1.33 bits per heavy atom. The van der Waals surface area contributed by atoms with Gasteiger partial charge in [0.1, 0.15) is 5.82 Å². The van der Waals surface area contributed by atoms with Crippen LogP contribution in [0.4, 0.5) is 5.82 Å². The van der Waals surface area contributed by atoms with E-state index in [-0.39, 0.29) is 24.1 Å². The Morgan fingerprint density at radius 3 is 2.67 bits per heavy atom. The van der Waals surface area contributed by atoms with Gasteiger partial charge in [-0.2, -0.15) is 5.10 Å². The monoisotopic (exact) mass is 328 g/mol. The summed E-state index contributed by atoms with van der Waals surface area (Å²) >= 11 is 0. The average Bonchev–Trinajstić information content (AvgIpc) is 3.34. The second kappa shape index (κ2) is 6.84. The maximum absolute atomic E-state index is 12.2. The molecule has 1 unspecified atom stereocenters. The zero-order chi connectivity index (χ0) is 17.1. The zero-order valence-electron chi connectivity index (χ0n) is 13.4. The van der Waals surface area contributed by atoms with E-state index in [0.717, 1.165) is 18.5 Å². The number of para-hydroxylation sites is 1. The number of rotatable bonds is 6. The van der Waals surface area contributed by atoms with E-state index in [1.165, 1.54) is 4.68 Å². The molecule has 1 aliphatic rings. The number of anilines is 1. The number of nitrogens with one attached hydrogen (secondary N) is 2. The highest BCUT2D eigenvalue weighted by Crippen LogP contribution is 2.30. The van der Waals surface area contributed by atoms with Crippen molar-refractivity contribution in [1.82, 2.24) is 15.1 Å². The van der Waals surface area contributed by atoms with Crippen LogP contribution in [-0.2, 0) is 4.79 Å². The largest absolute Gasteiger partial charge is 0.392 e. The van der Waals surface area contributed by atoms with Gasteiger partial charge in [0.05, 0.1) is 11.8 Å². The molecule has 3 N–H and O–H groups in total. The molecular formula is C17H20N4O3. The molecule has 1 aliphatic carbocycles. The molecular weight excluding hydrogens is 308 g/mol. The fourth-order valence-electron chi connectivity index (χ4n) is 2.25. The number of aromatic nitrogens is 2. The lowest BCUT2D eigenvalue weighted by atomic mass is 10.3. The quantitative estimate of drug-likeness (QED) is 0.745. The average molecular weight is 328 g/mol. The van der Waals surface area contributed by atoms with Gasteiger partial charge in [-0.1, -0.05) is 18.2 Å². The Bertz CT molecular complexity index is 736. The van der Waals surface area contributed by atoms with E-state index in [1.54, 1.807) is 13.0 Å². The summed E-state index contributed by atoms with van der Waals surface area (Å²) in [6, 6.07) is 10.8. The first kappa shape index (κ1) is 16.2. The Kier molecular flexibility index (Phi) is 4.61. The summed E-state index contributed by atoms with van der Waals surface area (Å²) in [7, 11) is 0. The Balaban J connectivity index is 1.87. The van der Waals surface area contributed by atoms with Crippen LogP contribution in [0.5, 0.6) is 0 Å². The van der Waals surface area contributed by atoms with E-state index in [4.69, 9.17) is 0 Å². The number of benzene rings is 1. The van der Waals surface area contributed by atoms with E-state index in [2.05, 4.69) is 15.7 Å². The van der Waals surface area contributed by atoms with Gasteiger partial charge in [-0.3, -0.25) is 9.59 Å². The van der Waals surface area contributed by atoms with Crippen LogP contribution in [-0.4, -0.2) is 39.4 Å². The SMILES string of the molecule is CC(O)CNC(=O)c1cc(NC(=O)C2CC2)n(-c2ccccc2)n1. The minimum atomic E-state index is -0.640. The molecule has 0 bridgehead atoms. The van der Waals surface area contributed by atoms with Crippen molar-refractivity contribution in [2.75, 3.05) is 11.9 Å². The molecule has 0 saturated heterocycles. The topological polar surface area (TPSA) is 96.3 Å². The number of carbonyl (C=O) groups is 2. The molecule has 126 valence electrons. The summed E-state index contributed by atoms with van der Waals surface area (Å²) in [6.45, 7) is 1.73. The predicted octanol–water partition coefficient (Wildman–Crippen LogP) is 1.33. The van der Waals surface area contributed by atoms with Crippen molar-refractivity contribution in [2.24, 2.45) is 5.92 Å². The molecule has 3 rings (SSSR count). The maximum Gasteiger partial charge on any atom is 0.271 e. The summed E-state index contributed by atoms with van der Waals surface area (Å²) in [5, 5.41) is 19.0. The lowest BCUT2D eigenvalue weighted by Crippen LogP contribution is -2.30. The third-order valence-corrected chi connectivity index (χ3v) is 3.70. The zero-order valence-corrected chi connectivity index (χ0v) is 13.4. The second-order valence-electron chi connectivity index (χ2n) is 5.98. The van der Waals surface area contributed by atoms with Gasteiger partial charge in [-0.15, -0.1) is 0 Å². The second-order valence-corrected chi connectivity index (χ2v) is 5.98. The van der Waals surface area contributed by atoms with Crippen molar-refractivity contribution in [2.45, 2.75) is 25.9 Å². The molecule has 2 amide bonds. The molecule has 7 heteroatoms. The standard InChI is InChI=1S/C17H20N4O3/c1-11(22)10-18-17(24)14-9-15(19-16(23)12-7-8-12)21(20-14)13-5-3-2-4-6-13/h2-6,9,11-12,22H,7-8,10H2,1H3,(H,18,24)(H,19,23). The Morgan fingerprint density at radius 2 is 2.04 bits per heavy atom. The fraction of sp³-hybridized carbons (Fsp3) is 0.353. The molecule has 1 aromatic heterocycles. The van der Waals surface area contributed by atoms with Gasteiger partial charge in [0.2, 0.25) is 5.91 Å². The van der Waals surface area contributed by atoms with Crippen LogP contribution in [0.1, 0.15) is 30.3 Å². The predicted molar refractivity (Wildman–Crippen MR) is 88.9 cm³/mol. The molecule has 24 heavy (non-hydrogen) atoms. The molecule has 1 atom stereocenters. The normalized spacial score (nSPS) is 14.9. The molecule has 2 aromatic rings. The molecule has 7 nitrogen and oxygen atoms in total. The van der Waals surface area contributed by atoms with Crippen LogP contribution in [0.15, 0.2) is 36.4 Å². The third kappa shape index (κ3) is 3.80. The lowest BCUT2D eigenvalue weighted by Gasteiger charge is -2.08. The summed E-state index contributed by atoms with van der Waals surface area (Å²) in [4.78, 5) is 24.2. The number of nitrogens with zero attached hydrogens (tertiary/aromatic N) is 2. The number of carbonyl (C=O) groups excluding carboxylic acids is 2. The Hall–Kier alpha value is -2.67. The summed E-state index contributed by atoms with van der Waals surface area (Å²) in [5.41, 5.74) is 0.934.